The third kappa shape index (κ3) is 5.15. The highest BCUT2D eigenvalue weighted by molar-refractivity contribution is 7.98. The monoisotopic (exact) mass is 455 g/mol. The number of carbonyl (C=O) groups is 1. The minimum Gasteiger partial charge on any atom is -0.332 e. The molecule has 4 nitrogen and oxygen atoms in total. The lowest BCUT2D eigenvalue weighted by Crippen LogP contribution is -2.40. The van der Waals surface area contributed by atoms with Gasteiger partial charge in [0.15, 0.2) is 11.3 Å². The SMILES string of the molecule is CCCC(=O)NC(n1c(SCc2ccccc2)nc2ccccc21)C(Cl)(Cl)Cl. The molecule has 8 heteroatoms. The number of hydrogen-bond donors (Lipinski definition) is 1. The van der Waals surface area contributed by atoms with E-state index in [0.29, 0.717) is 23.8 Å². The fourth-order valence-electron chi connectivity index (χ4n) is 2.84. The number of nitrogens with one attached hydrogen (secondary N) is 1. The molecule has 1 unspecified atom stereocenters. The smallest absolute Gasteiger partial charge is 0.229 e. The summed E-state index contributed by atoms with van der Waals surface area (Å²) >= 11 is 20.4. The Morgan fingerprint density at radius 2 is 1.82 bits per heavy atom. The maximum absolute atomic E-state index is 12.3. The van der Waals surface area contributed by atoms with Gasteiger partial charge in [0.25, 0.3) is 0 Å². The first-order valence-corrected chi connectivity index (χ1v) is 11.0. The summed E-state index contributed by atoms with van der Waals surface area (Å²) in [4.78, 5) is 17.0. The van der Waals surface area contributed by atoms with E-state index in [-0.39, 0.29) is 5.91 Å². The molecule has 0 fully saturated rings. The molecule has 3 aromatic rings. The van der Waals surface area contributed by atoms with Crippen molar-refractivity contribution in [1.82, 2.24) is 14.9 Å². The summed E-state index contributed by atoms with van der Waals surface area (Å²) in [7, 11) is 0. The maximum Gasteiger partial charge on any atom is 0.229 e. The molecule has 1 heterocycles. The Morgan fingerprint density at radius 1 is 1.14 bits per heavy atom. The fraction of sp³-hybridized carbons (Fsp3) is 0.300. The van der Waals surface area contributed by atoms with E-state index in [1.165, 1.54) is 11.8 Å². The molecule has 0 radical (unpaired) electrons. The van der Waals surface area contributed by atoms with Gasteiger partial charge in [-0.2, -0.15) is 0 Å². The molecule has 3 rings (SSSR count). The van der Waals surface area contributed by atoms with Gasteiger partial charge in [0.05, 0.1) is 11.0 Å². The van der Waals surface area contributed by atoms with Crippen molar-refractivity contribution in [3.05, 3.63) is 60.2 Å². The van der Waals surface area contributed by atoms with E-state index in [1.807, 2.05) is 54.0 Å². The van der Waals surface area contributed by atoms with Crippen molar-refractivity contribution >= 4 is 63.5 Å². The average Bonchev–Trinajstić information content (AvgIpc) is 3.02. The minimum absolute atomic E-state index is 0.171. The molecule has 0 saturated carbocycles. The van der Waals surface area contributed by atoms with Gasteiger partial charge in [-0.1, -0.05) is 96.0 Å². The highest BCUT2D eigenvalue weighted by atomic mass is 35.6. The molecule has 1 N–H and O–H groups in total. The van der Waals surface area contributed by atoms with Crippen molar-refractivity contribution in [3.63, 3.8) is 0 Å². The van der Waals surface area contributed by atoms with Gasteiger partial charge in [-0.05, 0) is 24.1 Å². The van der Waals surface area contributed by atoms with Gasteiger partial charge in [0, 0.05) is 12.2 Å². The third-order valence-electron chi connectivity index (χ3n) is 4.12. The molecule has 0 spiro atoms. The number of para-hydroxylation sites is 2. The van der Waals surface area contributed by atoms with Crippen LogP contribution in [0.1, 0.15) is 31.5 Å². The average molecular weight is 457 g/mol. The zero-order valence-electron chi connectivity index (χ0n) is 15.2. The summed E-state index contributed by atoms with van der Waals surface area (Å²) in [6.45, 7) is 1.93. The zero-order valence-corrected chi connectivity index (χ0v) is 18.3. The number of amides is 1. The van der Waals surface area contributed by atoms with Crippen LogP contribution >= 0.6 is 46.6 Å². The molecular formula is C20H20Cl3N3OS. The second-order valence-corrected chi connectivity index (χ2v) is 9.60. The first-order chi connectivity index (χ1) is 13.4. The van der Waals surface area contributed by atoms with Crippen molar-refractivity contribution in [1.29, 1.82) is 0 Å². The van der Waals surface area contributed by atoms with Crippen molar-refractivity contribution in [2.24, 2.45) is 0 Å². The molecule has 0 aliphatic carbocycles. The Kier molecular flexibility index (Phi) is 7.15. The lowest BCUT2D eigenvalue weighted by molar-refractivity contribution is -0.122. The van der Waals surface area contributed by atoms with Gasteiger partial charge in [-0.25, -0.2) is 4.98 Å². The molecule has 148 valence electrons. The molecule has 0 aliphatic heterocycles. The summed E-state index contributed by atoms with van der Waals surface area (Å²) in [5.41, 5.74) is 2.74. The van der Waals surface area contributed by atoms with Crippen LogP contribution in [0.3, 0.4) is 0 Å². The first kappa shape index (κ1) is 21.3. The van der Waals surface area contributed by atoms with E-state index in [9.17, 15) is 4.79 Å². The van der Waals surface area contributed by atoms with Gasteiger partial charge in [0.2, 0.25) is 9.70 Å². The second-order valence-electron chi connectivity index (χ2n) is 6.29. The van der Waals surface area contributed by atoms with E-state index in [4.69, 9.17) is 39.8 Å². The molecule has 0 saturated heterocycles. The minimum atomic E-state index is -1.74. The number of nitrogens with zero attached hydrogens (tertiary/aromatic N) is 2. The van der Waals surface area contributed by atoms with Crippen LogP contribution in [-0.2, 0) is 10.5 Å². The van der Waals surface area contributed by atoms with Crippen LogP contribution in [-0.4, -0.2) is 19.3 Å². The first-order valence-electron chi connectivity index (χ1n) is 8.90. The number of halogens is 3. The Morgan fingerprint density at radius 3 is 2.50 bits per heavy atom. The number of carbonyl (C=O) groups excluding carboxylic acids is 1. The lowest BCUT2D eigenvalue weighted by Gasteiger charge is -2.28. The number of benzene rings is 2. The van der Waals surface area contributed by atoms with Crippen molar-refractivity contribution in [2.45, 2.75) is 40.6 Å². The van der Waals surface area contributed by atoms with Gasteiger partial charge in [0.1, 0.15) is 0 Å². The Hall–Kier alpha value is -1.40. The second kappa shape index (κ2) is 9.40. The van der Waals surface area contributed by atoms with Gasteiger partial charge in [-0.15, -0.1) is 0 Å². The predicted octanol–water partition coefficient (Wildman–Crippen LogP) is 6.11. The number of rotatable bonds is 7. The summed E-state index contributed by atoms with van der Waals surface area (Å²) < 4.78 is 0.0679. The van der Waals surface area contributed by atoms with E-state index >= 15 is 0 Å². The van der Waals surface area contributed by atoms with Gasteiger partial charge >= 0.3 is 0 Å². The number of imidazole rings is 1. The Labute approximate surface area is 183 Å². The zero-order chi connectivity index (χ0) is 20.1. The number of thioether (sulfide) groups is 1. The Bertz CT molecular complexity index is 941. The normalized spacial score (nSPS) is 12.9. The quantitative estimate of drug-likeness (QED) is 0.344. The van der Waals surface area contributed by atoms with Gasteiger partial charge in [-0.3, -0.25) is 9.36 Å². The largest absolute Gasteiger partial charge is 0.332 e. The van der Waals surface area contributed by atoms with Crippen LogP contribution in [0.5, 0.6) is 0 Å². The number of fused-ring (bicyclic) bond motifs is 1. The molecule has 1 atom stereocenters. The van der Waals surface area contributed by atoms with Crippen LogP contribution in [0.2, 0.25) is 0 Å². The summed E-state index contributed by atoms with van der Waals surface area (Å²) in [5, 5.41) is 3.54. The van der Waals surface area contributed by atoms with E-state index in [2.05, 4.69) is 17.4 Å². The summed E-state index contributed by atoms with van der Waals surface area (Å²) in [6, 6.07) is 17.7. The molecule has 2 aromatic carbocycles. The van der Waals surface area contributed by atoms with E-state index in [1.54, 1.807) is 0 Å². The summed E-state index contributed by atoms with van der Waals surface area (Å²) in [6.07, 6.45) is 0.192. The molecule has 1 aromatic heterocycles. The number of hydrogen-bond acceptors (Lipinski definition) is 3. The van der Waals surface area contributed by atoms with Crippen molar-refractivity contribution in [3.8, 4) is 0 Å². The van der Waals surface area contributed by atoms with Crippen LogP contribution in [0, 0.1) is 0 Å². The molecule has 0 aliphatic rings. The highest BCUT2D eigenvalue weighted by Gasteiger charge is 2.37. The van der Waals surface area contributed by atoms with Crippen LogP contribution in [0.15, 0.2) is 59.8 Å². The van der Waals surface area contributed by atoms with E-state index < -0.39 is 9.96 Å². The molecule has 28 heavy (non-hydrogen) atoms. The standard InChI is InChI=1S/C20H20Cl3N3OS/c1-2-8-17(27)25-18(20(21,22)23)26-16-12-7-6-11-15(16)24-19(26)28-13-14-9-4-3-5-10-14/h3-7,9-12,18H,2,8,13H2,1H3,(H,25,27). The number of alkyl halides is 3. The van der Waals surface area contributed by atoms with E-state index in [0.717, 1.165) is 16.6 Å². The molecule has 1 amide bonds. The van der Waals surface area contributed by atoms with Crippen LogP contribution in [0.25, 0.3) is 11.0 Å². The highest BCUT2D eigenvalue weighted by Crippen LogP contribution is 2.41. The third-order valence-corrected chi connectivity index (χ3v) is 5.76. The van der Waals surface area contributed by atoms with Crippen molar-refractivity contribution < 1.29 is 4.79 Å². The maximum atomic E-state index is 12.3. The fourth-order valence-corrected chi connectivity index (χ4v) is 4.29. The lowest BCUT2D eigenvalue weighted by atomic mass is 10.2. The van der Waals surface area contributed by atoms with Gasteiger partial charge < -0.3 is 5.32 Å². The van der Waals surface area contributed by atoms with Crippen LogP contribution < -0.4 is 5.32 Å². The topological polar surface area (TPSA) is 46.9 Å². The Balaban J connectivity index is 2.01. The molecule has 0 bridgehead atoms. The summed E-state index contributed by atoms with van der Waals surface area (Å²) in [5.74, 6) is 0.537. The van der Waals surface area contributed by atoms with Crippen molar-refractivity contribution in [2.75, 3.05) is 0 Å². The number of aromatic nitrogens is 2. The van der Waals surface area contributed by atoms with Crippen LogP contribution in [0.4, 0.5) is 0 Å². The molecular weight excluding hydrogens is 437 g/mol. The predicted molar refractivity (Wildman–Crippen MR) is 118 cm³/mol.